The molecule has 0 radical (unpaired) electrons. The molecule has 0 saturated heterocycles. The van der Waals surface area contributed by atoms with Crippen LogP contribution in [-0.4, -0.2) is 0 Å². The molecule has 0 heterocycles. The molecule has 0 spiro atoms. The molecule has 2 aromatic carbocycles. The molecule has 0 bridgehead atoms. The predicted octanol–water partition coefficient (Wildman–Crippen LogP) is 4.12. The van der Waals surface area contributed by atoms with Gasteiger partial charge in [-0.05, 0) is 48.7 Å². The lowest BCUT2D eigenvalue weighted by Gasteiger charge is -2.14. The number of nitrogens with one attached hydrogen (secondary N) is 1. The van der Waals surface area contributed by atoms with Gasteiger partial charge in [-0.2, -0.15) is 0 Å². The van der Waals surface area contributed by atoms with Gasteiger partial charge in [0.2, 0.25) is 0 Å². The van der Waals surface area contributed by atoms with Crippen LogP contribution in [-0.2, 0) is 6.54 Å². The average molecular weight is 261 g/mol. The molecular weight excluding hydrogens is 244 g/mol. The van der Waals surface area contributed by atoms with Crippen molar-refractivity contribution in [1.29, 1.82) is 0 Å². The predicted molar refractivity (Wildman–Crippen MR) is 72.8 cm³/mol. The highest BCUT2D eigenvalue weighted by Crippen LogP contribution is 2.15. The Balaban J connectivity index is 2.00. The Morgan fingerprint density at radius 1 is 1.11 bits per heavy atom. The largest absolute Gasteiger partial charge is 0.306 e. The van der Waals surface area contributed by atoms with E-state index in [4.69, 9.17) is 0 Å². The van der Waals surface area contributed by atoms with Gasteiger partial charge in [0.15, 0.2) is 0 Å². The van der Waals surface area contributed by atoms with Gasteiger partial charge in [-0.25, -0.2) is 8.78 Å². The quantitative estimate of drug-likeness (QED) is 0.872. The van der Waals surface area contributed by atoms with Crippen molar-refractivity contribution in [3.05, 3.63) is 70.8 Å². The molecule has 1 N–H and O–H groups in total. The highest BCUT2D eigenvalue weighted by molar-refractivity contribution is 5.24. The van der Waals surface area contributed by atoms with E-state index < -0.39 is 0 Å². The maximum Gasteiger partial charge on any atom is 0.126 e. The molecule has 0 fully saturated rings. The van der Waals surface area contributed by atoms with E-state index in [2.05, 4.69) is 5.32 Å². The monoisotopic (exact) mass is 261 g/mol. The summed E-state index contributed by atoms with van der Waals surface area (Å²) in [6.07, 6.45) is 0. The molecule has 1 atom stereocenters. The lowest BCUT2D eigenvalue weighted by Crippen LogP contribution is -2.18. The Kier molecular flexibility index (Phi) is 4.27. The lowest BCUT2D eigenvalue weighted by atomic mass is 10.1. The number of halogens is 2. The molecule has 0 saturated carbocycles. The Bertz CT molecular complexity index is 566. The number of rotatable bonds is 4. The topological polar surface area (TPSA) is 12.0 Å². The molecule has 0 aliphatic carbocycles. The third-order valence-corrected chi connectivity index (χ3v) is 3.20. The van der Waals surface area contributed by atoms with Crippen LogP contribution in [0.5, 0.6) is 0 Å². The third kappa shape index (κ3) is 3.61. The Morgan fingerprint density at radius 3 is 2.58 bits per heavy atom. The molecule has 100 valence electrons. The normalized spacial score (nSPS) is 12.4. The third-order valence-electron chi connectivity index (χ3n) is 3.20. The maximum atomic E-state index is 13.4. The molecule has 2 aromatic rings. The van der Waals surface area contributed by atoms with Crippen LogP contribution < -0.4 is 5.32 Å². The van der Waals surface area contributed by atoms with E-state index in [0.29, 0.717) is 12.1 Å². The van der Waals surface area contributed by atoms with Crippen molar-refractivity contribution >= 4 is 0 Å². The van der Waals surface area contributed by atoms with E-state index in [-0.39, 0.29) is 17.7 Å². The standard InChI is InChI=1S/C16H17F2N/c1-11-6-7-13(8-16(11)18)10-19-12(2)14-4-3-5-15(17)9-14/h3-9,12,19H,10H2,1-2H3/t12-/m0/s1. The summed E-state index contributed by atoms with van der Waals surface area (Å²) in [5.41, 5.74) is 2.40. The minimum absolute atomic E-state index is 0.0139. The summed E-state index contributed by atoms with van der Waals surface area (Å²) in [5.74, 6) is -0.440. The SMILES string of the molecule is Cc1ccc(CN[C@@H](C)c2cccc(F)c2)cc1F. The molecule has 1 nitrogen and oxygen atoms in total. The van der Waals surface area contributed by atoms with Crippen molar-refractivity contribution in [3.63, 3.8) is 0 Å². The van der Waals surface area contributed by atoms with Crippen LogP contribution in [0.15, 0.2) is 42.5 Å². The van der Waals surface area contributed by atoms with Gasteiger partial charge in [0, 0.05) is 12.6 Å². The smallest absolute Gasteiger partial charge is 0.126 e. The fourth-order valence-electron chi connectivity index (χ4n) is 1.91. The van der Waals surface area contributed by atoms with Crippen LogP contribution >= 0.6 is 0 Å². The second-order valence-corrected chi connectivity index (χ2v) is 4.74. The van der Waals surface area contributed by atoms with E-state index >= 15 is 0 Å². The molecule has 3 heteroatoms. The highest BCUT2D eigenvalue weighted by atomic mass is 19.1. The van der Waals surface area contributed by atoms with E-state index in [1.165, 1.54) is 18.2 Å². The summed E-state index contributed by atoms with van der Waals surface area (Å²) in [5, 5.41) is 3.26. The van der Waals surface area contributed by atoms with Gasteiger partial charge in [-0.3, -0.25) is 0 Å². The van der Waals surface area contributed by atoms with Crippen molar-refractivity contribution < 1.29 is 8.78 Å². The van der Waals surface area contributed by atoms with Crippen molar-refractivity contribution in [3.8, 4) is 0 Å². The average Bonchev–Trinajstić information content (AvgIpc) is 2.40. The zero-order valence-electron chi connectivity index (χ0n) is 11.1. The Morgan fingerprint density at radius 2 is 1.89 bits per heavy atom. The number of hydrogen-bond donors (Lipinski definition) is 1. The van der Waals surface area contributed by atoms with Gasteiger partial charge in [0.1, 0.15) is 11.6 Å². The van der Waals surface area contributed by atoms with Crippen molar-refractivity contribution in [1.82, 2.24) is 5.32 Å². The fourth-order valence-corrected chi connectivity index (χ4v) is 1.91. The van der Waals surface area contributed by atoms with Crippen LogP contribution in [0.25, 0.3) is 0 Å². The molecule has 19 heavy (non-hydrogen) atoms. The molecule has 0 aliphatic heterocycles. The van der Waals surface area contributed by atoms with Gasteiger partial charge in [0.25, 0.3) is 0 Å². The van der Waals surface area contributed by atoms with Crippen molar-refractivity contribution in [2.24, 2.45) is 0 Å². The zero-order chi connectivity index (χ0) is 13.8. The van der Waals surface area contributed by atoms with Crippen LogP contribution in [0.2, 0.25) is 0 Å². The van der Waals surface area contributed by atoms with Gasteiger partial charge in [0.05, 0.1) is 0 Å². The lowest BCUT2D eigenvalue weighted by molar-refractivity contribution is 0.560. The molecule has 2 rings (SSSR count). The van der Waals surface area contributed by atoms with Gasteiger partial charge >= 0.3 is 0 Å². The number of benzene rings is 2. The van der Waals surface area contributed by atoms with Crippen LogP contribution in [0, 0.1) is 18.6 Å². The van der Waals surface area contributed by atoms with E-state index in [0.717, 1.165) is 11.1 Å². The first-order chi connectivity index (χ1) is 9.06. The second-order valence-electron chi connectivity index (χ2n) is 4.74. The second kappa shape index (κ2) is 5.93. The molecule has 0 unspecified atom stereocenters. The summed E-state index contributed by atoms with van der Waals surface area (Å²) >= 11 is 0. The summed E-state index contributed by atoms with van der Waals surface area (Å²) in [7, 11) is 0. The first-order valence-electron chi connectivity index (χ1n) is 6.30. The maximum absolute atomic E-state index is 13.4. The molecule has 0 aliphatic rings. The van der Waals surface area contributed by atoms with Gasteiger partial charge in [-0.15, -0.1) is 0 Å². The van der Waals surface area contributed by atoms with Crippen molar-refractivity contribution in [2.45, 2.75) is 26.4 Å². The highest BCUT2D eigenvalue weighted by Gasteiger charge is 2.06. The zero-order valence-corrected chi connectivity index (χ0v) is 11.1. The van der Waals surface area contributed by atoms with Gasteiger partial charge < -0.3 is 5.32 Å². The first kappa shape index (κ1) is 13.7. The number of hydrogen-bond acceptors (Lipinski definition) is 1. The molecular formula is C16H17F2N. The summed E-state index contributed by atoms with van der Waals surface area (Å²) < 4.78 is 26.5. The van der Waals surface area contributed by atoms with E-state index in [9.17, 15) is 8.78 Å². The van der Waals surface area contributed by atoms with E-state index in [1.807, 2.05) is 19.1 Å². The fraction of sp³-hybridized carbons (Fsp3) is 0.250. The van der Waals surface area contributed by atoms with Crippen LogP contribution in [0.1, 0.15) is 29.7 Å². The van der Waals surface area contributed by atoms with Crippen molar-refractivity contribution in [2.75, 3.05) is 0 Å². The Labute approximate surface area is 112 Å². The van der Waals surface area contributed by atoms with Gasteiger partial charge in [-0.1, -0.05) is 24.3 Å². The van der Waals surface area contributed by atoms with E-state index in [1.54, 1.807) is 19.1 Å². The molecule has 0 aromatic heterocycles. The number of aryl methyl sites for hydroxylation is 1. The first-order valence-corrected chi connectivity index (χ1v) is 6.30. The minimum atomic E-state index is -0.243. The minimum Gasteiger partial charge on any atom is -0.306 e. The molecule has 0 amide bonds. The Hall–Kier alpha value is -1.74. The van der Waals surface area contributed by atoms with Crippen LogP contribution in [0.3, 0.4) is 0 Å². The van der Waals surface area contributed by atoms with Crippen LogP contribution in [0.4, 0.5) is 8.78 Å². The summed E-state index contributed by atoms with van der Waals surface area (Å²) in [6, 6.07) is 11.7. The summed E-state index contributed by atoms with van der Waals surface area (Å²) in [4.78, 5) is 0. The summed E-state index contributed by atoms with van der Waals surface area (Å²) in [6.45, 7) is 4.25.